The van der Waals surface area contributed by atoms with Gasteiger partial charge in [0, 0.05) is 27.0 Å². The van der Waals surface area contributed by atoms with Gasteiger partial charge in [0.2, 0.25) is 0 Å². The van der Waals surface area contributed by atoms with Crippen LogP contribution in [0.15, 0.2) is 33.5 Å². The Hall–Kier alpha value is -1.13. The van der Waals surface area contributed by atoms with Gasteiger partial charge in [0.1, 0.15) is 5.82 Å². The largest absolute Gasteiger partial charge is 0.306 e. The van der Waals surface area contributed by atoms with E-state index >= 15 is 0 Å². The molecule has 0 spiro atoms. The molecule has 0 unspecified atom stereocenters. The van der Waals surface area contributed by atoms with Crippen molar-refractivity contribution < 1.29 is 0 Å². The first-order chi connectivity index (χ1) is 8.63. The molecule has 3 nitrogen and oxygen atoms in total. The lowest BCUT2D eigenvalue weighted by atomic mass is 10.2. The molecule has 2 aromatic rings. The van der Waals surface area contributed by atoms with Gasteiger partial charge < -0.3 is 4.98 Å². The van der Waals surface area contributed by atoms with Crippen LogP contribution in [-0.2, 0) is 0 Å². The Kier molecular flexibility index (Phi) is 2.99. The van der Waals surface area contributed by atoms with Crippen molar-refractivity contribution in [3.63, 3.8) is 0 Å². The molecule has 1 saturated carbocycles. The van der Waals surface area contributed by atoms with Gasteiger partial charge in [-0.05, 0) is 31.0 Å². The minimum absolute atomic E-state index is 0.117. The highest BCUT2D eigenvalue weighted by Crippen LogP contribution is 2.39. The molecule has 1 heterocycles. The first-order valence-electron chi connectivity index (χ1n) is 5.70. The fraction of sp³-hybridized carbons (Fsp3) is 0.231. The van der Waals surface area contributed by atoms with Crippen molar-refractivity contribution in [2.24, 2.45) is 0 Å². The number of halogens is 2. The number of H-pyrrole nitrogens is 1. The number of aromatic amines is 1. The third kappa shape index (κ3) is 2.35. The molecule has 0 radical (unpaired) electrons. The van der Waals surface area contributed by atoms with Crippen LogP contribution < -0.4 is 5.56 Å². The van der Waals surface area contributed by atoms with E-state index in [1.165, 1.54) is 0 Å². The predicted molar refractivity (Wildman–Crippen MR) is 75.0 cm³/mol. The van der Waals surface area contributed by atoms with E-state index in [1.54, 1.807) is 18.2 Å². The van der Waals surface area contributed by atoms with Gasteiger partial charge in [0.05, 0.1) is 5.69 Å². The van der Waals surface area contributed by atoms with Crippen LogP contribution in [0.5, 0.6) is 0 Å². The Morgan fingerprint density at radius 3 is 2.83 bits per heavy atom. The number of rotatable bonds is 2. The van der Waals surface area contributed by atoms with Gasteiger partial charge in [0.15, 0.2) is 0 Å². The number of nitrogens with one attached hydrogen (secondary N) is 1. The van der Waals surface area contributed by atoms with E-state index < -0.39 is 0 Å². The maximum Gasteiger partial charge on any atom is 0.251 e. The molecule has 0 bridgehead atoms. The quantitative estimate of drug-likeness (QED) is 0.914. The summed E-state index contributed by atoms with van der Waals surface area (Å²) in [5, 5.41) is 0.618. The van der Waals surface area contributed by atoms with Crippen molar-refractivity contribution in [1.82, 2.24) is 9.97 Å². The fourth-order valence-corrected chi connectivity index (χ4v) is 2.48. The highest BCUT2D eigenvalue weighted by molar-refractivity contribution is 9.10. The molecule has 1 N–H and O–H groups in total. The second-order valence-electron chi connectivity index (χ2n) is 4.42. The molecule has 1 aromatic carbocycles. The summed E-state index contributed by atoms with van der Waals surface area (Å²) in [6.45, 7) is 0. The van der Waals surface area contributed by atoms with Gasteiger partial charge in [-0.2, -0.15) is 0 Å². The van der Waals surface area contributed by atoms with Crippen molar-refractivity contribution in [2.75, 3.05) is 0 Å². The minimum atomic E-state index is -0.117. The van der Waals surface area contributed by atoms with E-state index in [9.17, 15) is 4.79 Å². The number of aromatic nitrogens is 2. The predicted octanol–water partition coefficient (Wildman–Crippen LogP) is 3.73. The molecule has 5 heteroatoms. The lowest BCUT2D eigenvalue weighted by Gasteiger charge is -2.06. The van der Waals surface area contributed by atoms with E-state index in [1.807, 2.05) is 6.07 Å². The van der Waals surface area contributed by atoms with E-state index in [0.717, 1.165) is 28.6 Å². The molecular formula is C13H10BrClN2O. The van der Waals surface area contributed by atoms with Gasteiger partial charge in [-0.3, -0.25) is 4.79 Å². The molecule has 0 atom stereocenters. The Morgan fingerprint density at radius 1 is 1.33 bits per heavy atom. The van der Waals surface area contributed by atoms with Crippen LogP contribution in [0, 0.1) is 0 Å². The van der Waals surface area contributed by atoms with Crippen molar-refractivity contribution in [2.45, 2.75) is 18.8 Å². The third-order valence-corrected chi connectivity index (χ3v) is 3.87. The SMILES string of the molecule is O=c1cc(C2CC2)nc(-c2cc(Cl)ccc2Br)[nH]1. The summed E-state index contributed by atoms with van der Waals surface area (Å²) in [7, 11) is 0. The molecule has 1 aliphatic carbocycles. The van der Waals surface area contributed by atoms with E-state index in [2.05, 4.69) is 25.9 Å². The van der Waals surface area contributed by atoms with Crippen molar-refractivity contribution >= 4 is 27.5 Å². The van der Waals surface area contributed by atoms with Crippen LogP contribution in [0.2, 0.25) is 5.02 Å². The van der Waals surface area contributed by atoms with Crippen LogP contribution in [0.1, 0.15) is 24.5 Å². The molecule has 0 saturated heterocycles. The molecule has 0 aliphatic heterocycles. The summed E-state index contributed by atoms with van der Waals surface area (Å²) < 4.78 is 0.864. The molecule has 18 heavy (non-hydrogen) atoms. The first kappa shape index (κ1) is 11.9. The summed E-state index contributed by atoms with van der Waals surface area (Å²) >= 11 is 9.43. The molecule has 1 fully saturated rings. The third-order valence-electron chi connectivity index (χ3n) is 2.94. The summed E-state index contributed by atoms with van der Waals surface area (Å²) in [6, 6.07) is 7.01. The molecule has 0 amide bonds. The van der Waals surface area contributed by atoms with Crippen LogP contribution in [0.3, 0.4) is 0 Å². The van der Waals surface area contributed by atoms with Crippen LogP contribution in [0.25, 0.3) is 11.4 Å². The normalized spacial score (nSPS) is 14.8. The number of hydrogen-bond acceptors (Lipinski definition) is 2. The summed E-state index contributed by atoms with van der Waals surface area (Å²) in [4.78, 5) is 19.0. The number of hydrogen-bond donors (Lipinski definition) is 1. The maximum absolute atomic E-state index is 11.7. The van der Waals surface area contributed by atoms with E-state index in [0.29, 0.717) is 16.8 Å². The number of benzene rings is 1. The monoisotopic (exact) mass is 324 g/mol. The molecule has 1 aromatic heterocycles. The Bertz CT molecular complexity index is 664. The lowest BCUT2D eigenvalue weighted by Crippen LogP contribution is -2.10. The van der Waals surface area contributed by atoms with Crippen LogP contribution >= 0.6 is 27.5 Å². The van der Waals surface area contributed by atoms with E-state index in [4.69, 9.17) is 11.6 Å². The molecule has 3 rings (SSSR count). The topological polar surface area (TPSA) is 45.8 Å². The standard InChI is InChI=1S/C13H10BrClN2O/c14-10-4-3-8(15)5-9(10)13-16-11(7-1-2-7)6-12(18)17-13/h3-7H,1-2H2,(H,16,17,18). The van der Waals surface area contributed by atoms with Gasteiger partial charge in [-0.1, -0.05) is 27.5 Å². The number of nitrogens with zero attached hydrogens (tertiary/aromatic N) is 1. The Labute approximate surface area is 117 Å². The van der Waals surface area contributed by atoms with Crippen molar-refractivity contribution in [3.8, 4) is 11.4 Å². The fourth-order valence-electron chi connectivity index (χ4n) is 1.87. The maximum atomic E-state index is 11.7. The highest BCUT2D eigenvalue weighted by atomic mass is 79.9. The van der Waals surface area contributed by atoms with Crippen molar-refractivity contribution in [3.05, 3.63) is 49.8 Å². The lowest BCUT2D eigenvalue weighted by molar-refractivity contribution is 0.976. The van der Waals surface area contributed by atoms with Crippen LogP contribution in [-0.4, -0.2) is 9.97 Å². The molecule has 92 valence electrons. The van der Waals surface area contributed by atoms with E-state index in [-0.39, 0.29) is 5.56 Å². The zero-order chi connectivity index (χ0) is 12.7. The second kappa shape index (κ2) is 4.52. The molecular weight excluding hydrogens is 316 g/mol. The Morgan fingerprint density at radius 2 is 2.11 bits per heavy atom. The zero-order valence-electron chi connectivity index (χ0n) is 9.41. The van der Waals surface area contributed by atoms with Crippen LogP contribution in [0.4, 0.5) is 0 Å². The van der Waals surface area contributed by atoms with Crippen molar-refractivity contribution in [1.29, 1.82) is 0 Å². The average molecular weight is 326 g/mol. The van der Waals surface area contributed by atoms with Gasteiger partial charge >= 0.3 is 0 Å². The summed E-state index contributed by atoms with van der Waals surface area (Å²) in [5.41, 5.74) is 1.57. The van der Waals surface area contributed by atoms with Gasteiger partial charge in [0.25, 0.3) is 5.56 Å². The first-order valence-corrected chi connectivity index (χ1v) is 6.87. The average Bonchev–Trinajstić information content (AvgIpc) is 3.15. The minimum Gasteiger partial charge on any atom is -0.306 e. The second-order valence-corrected chi connectivity index (χ2v) is 5.71. The zero-order valence-corrected chi connectivity index (χ0v) is 11.8. The summed E-state index contributed by atoms with van der Waals surface area (Å²) in [5.74, 6) is 1.02. The highest BCUT2D eigenvalue weighted by Gasteiger charge is 2.26. The van der Waals surface area contributed by atoms with Gasteiger partial charge in [-0.25, -0.2) is 4.98 Å². The molecule has 1 aliphatic rings. The van der Waals surface area contributed by atoms with Gasteiger partial charge in [-0.15, -0.1) is 0 Å². The smallest absolute Gasteiger partial charge is 0.251 e. The summed E-state index contributed by atoms with van der Waals surface area (Å²) in [6.07, 6.45) is 2.24. The Balaban J connectivity index is 2.15.